The third kappa shape index (κ3) is 3.80. The number of rotatable bonds is 6. The summed E-state index contributed by atoms with van der Waals surface area (Å²) < 4.78 is 31.8. The Morgan fingerprint density at radius 3 is 2.61 bits per heavy atom. The molecule has 1 unspecified atom stereocenters. The molecule has 0 amide bonds. The zero-order valence-electron chi connectivity index (χ0n) is 10.8. The lowest BCUT2D eigenvalue weighted by Gasteiger charge is -2.23. The van der Waals surface area contributed by atoms with E-state index in [-0.39, 0.29) is 23.6 Å². The Kier molecular flexibility index (Phi) is 5.27. The predicted molar refractivity (Wildman–Crippen MR) is 67.3 cm³/mol. The SMILES string of the molecule is CCOCC(Nc1nc(N)c(F)cc1F)C(C)C. The highest BCUT2D eigenvalue weighted by molar-refractivity contribution is 5.45. The Morgan fingerprint density at radius 1 is 1.39 bits per heavy atom. The summed E-state index contributed by atoms with van der Waals surface area (Å²) >= 11 is 0. The minimum atomic E-state index is -0.857. The summed E-state index contributed by atoms with van der Waals surface area (Å²) in [7, 11) is 0. The van der Waals surface area contributed by atoms with E-state index >= 15 is 0 Å². The number of hydrogen-bond acceptors (Lipinski definition) is 4. The van der Waals surface area contributed by atoms with E-state index in [4.69, 9.17) is 10.5 Å². The molecule has 0 radical (unpaired) electrons. The molecule has 3 N–H and O–H groups in total. The number of aromatic nitrogens is 1. The van der Waals surface area contributed by atoms with E-state index < -0.39 is 11.6 Å². The first-order valence-electron chi connectivity index (χ1n) is 5.91. The maximum absolute atomic E-state index is 13.5. The van der Waals surface area contributed by atoms with Gasteiger partial charge in [0.2, 0.25) is 0 Å². The molecule has 4 nitrogen and oxygen atoms in total. The van der Waals surface area contributed by atoms with E-state index in [9.17, 15) is 8.78 Å². The first-order chi connectivity index (χ1) is 8.45. The molecule has 0 spiro atoms. The number of hydrogen-bond donors (Lipinski definition) is 2. The zero-order valence-corrected chi connectivity index (χ0v) is 10.8. The number of nitrogens with two attached hydrogens (primary N) is 1. The highest BCUT2D eigenvalue weighted by Gasteiger charge is 2.17. The van der Waals surface area contributed by atoms with Crippen LogP contribution in [0.2, 0.25) is 0 Å². The second-order valence-electron chi connectivity index (χ2n) is 4.34. The summed E-state index contributed by atoms with van der Waals surface area (Å²) in [6.45, 7) is 6.83. The van der Waals surface area contributed by atoms with E-state index in [0.29, 0.717) is 13.2 Å². The molecule has 0 aliphatic rings. The fourth-order valence-electron chi connectivity index (χ4n) is 1.40. The number of nitrogens with zero attached hydrogens (tertiary/aromatic N) is 1. The standard InChI is InChI=1S/C12H19F2N3O/c1-4-18-6-10(7(2)3)16-12-9(14)5-8(13)11(15)17-12/h5,7,10H,4,6H2,1-3H3,(H3,15,16,17). The van der Waals surface area contributed by atoms with Gasteiger partial charge in [0, 0.05) is 12.7 Å². The lowest BCUT2D eigenvalue weighted by molar-refractivity contribution is 0.126. The Bertz CT molecular complexity index is 399. The average Bonchev–Trinajstić information content (AvgIpc) is 2.30. The highest BCUT2D eigenvalue weighted by Crippen LogP contribution is 2.19. The predicted octanol–water partition coefficient (Wildman–Crippen LogP) is 2.42. The molecule has 0 aliphatic carbocycles. The van der Waals surface area contributed by atoms with Crippen molar-refractivity contribution in [2.24, 2.45) is 5.92 Å². The van der Waals surface area contributed by atoms with Crippen LogP contribution in [-0.4, -0.2) is 24.2 Å². The van der Waals surface area contributed by atoms with Gasteiger partial charge >= 0.3 is 0 Å². The van der Waals surface area contributed by atoms with Crippen molar-refractivity contribution in [3.63, 3.8) is 0 Å². The van der Waals surface area contributed by atoms with Crippen molar-refractivity contribution in [1.82, 2.24) is 4.98 Å². The molecule has 0 aromatic carbocycles. The van der Waals surface area contributed by atoms with Gasteiger partial charge in [-0.15, -0.1) is 0 Å². The molecule has 1 aromatic heterocycles. The van der Waals surface area contributed by atoms with Gasteiger partial charge in [0.25, 0.3) is 0 Å². The van der Waals surface area contributed by atoms with Crippen LogP contribution in [0.5, 0.6) is 0 Å². The molecule has 1 atom stereocenters. The summed E-state index contributed by atoms with van der Waals surface area (Å²) in [5.74, 6) is -1.78. The zero-order chi connectivity index (χ0) is 13.7. The second kappa shape index (κ2) is 6.49. The molecule has 0 saturated heterocycles. The average molecular weight is 259 g/mol. The van der Waals surface area contributed by atoms with Crippen LogP contribution in [0.15, 0.2) is 6.07 Å². The van der Waals surface area contributed by atoms with E-state index in [1.807, 2.05) is 20.8 Å². The van der Waals surface area contributed by atoms with Crippen molar-refractivity contribution in [3.05, 3.63) is 17.7 Å². The molecular weight excluding hydrogens is 240 g/mol. The monoisotopic (exact) mass is 259 g/mol. The van der Waals surface area contributed by atoms with Crippen LogP contribution in [0.3, 0.4) is 0 Å². The minimum Gasteiger partial charge on any atom is -0.381 e. The Morgan fingerprint density at radius 2 is 2.06 bits per heavy atom. The van der Waals surface area contributed by atoms with Crippen molar-refractivity contribution in [1.29, 1.82) is 0 Å². The fraction of sp³-hybridized carbons (Fsp3) is 0.583. The molecule has 0 saturated carbocycles. The van der Waals surface area contributed by atoms with Crippen molar-refractivity contribution in [2.75, 3.05) is 24.3 Å². The smallest absolute Gasteiger partial charge is 0.168 e. The second-order valence-corrected chi connectivity index (χ2v) is 4.34. The normalized spacial score (nSPS) is 12.8. The lowest BCUT2D eigenvalue weighted by Crippen LogP contribution is -2.32. The summed E-state index contributed by atoms with van der Waals surface area (Å²) in [4.78, 5) is 3.66. The largest absolute Gasteiger partial charge is 0.381 e. The Labute approximate surface area is 106 Å². The van der Waals surface area contributed by atoms with Crippen LogP contribution >= 0.6 is 0 Å². The molecular formula is C12H19F2N3O. The Balaban J connectivity index is 2.83. The first-order valence-corrected chi connectivity index (χ1v) is 5.91. The van der Waals surface area contributed by atoms with Gasteiger partial charge in [-0.2, -0.15) is 0 Å². The number of halogens is 2. The van der Waals surface area contributed by atoms with Crippen LogP contribution < -0.4 is 11.1 Å². The number of pyridine rings is 1. The summed E-state index contributed by atoms with van der Waals surface area (Å²) in [5, 5.41) is 2.89. The van der Waals surface area contributed by atoms with E-state index in [1.165, 1.54) is 0 Å². The maximum atomic E-state index is 13.5. The van der Waals surface area contributed by atoms with Gasteiger partial charge in [-0.1, -0.05) is 13.8 Å². The van der Waals surface area contributed by atoms with Crippen molar-refractivity contribution in [2.45, 2.75) is 26.8 Å². The molecule has 102 valence electrons. The summed E-state index contributed by atoms with van der Waals surface area (Å²) in [6.07, 6.45) is 0. The quantitative estimate of drug-likeness (QED) is 0.823. The highest BCUT2D eigenvalue weighted by atomic mass is 19.1. The molecule has 6 heteroatoms. The third-order valence-electron chi connectivity index (χ3n) is 2.59. The van der Waals surface area contributed by atoms with Crippen LogP contribution in [0.1, 0.15) is 20.8 Å². The van der Waals surface area contributed by atoms with Gasteiger partial charge in [0.05, 0.1) is 12.6 Å². The Hall–Kier alpha value is -1.43. The molecule has 0 aliphatic heterocycles. The topological polar surface area (TPSA) is 60.2 Å². The van der Waals surface area contributed by atoms with Crippen molar-refractivity contribution < 1.29 is 13.5 Å². The molecule has 1 aromatic rings. The maximum Gasteiger partial charge on any atom is 0.168 e. The van der Waals surface area contributed by atoms with Gasteiger partial charge in [0.15, 0.2) is 23.3 Å². The van der Waals surface area contributed by atoms with Crippen LogP contribution in [0, 0.1) is 17.6 Å². The molecule has 18 heavy (non-hydrogen) atoms. The minimum absolute atomic E-state index is 0.0488. The van der Waals surface area contributed by atoms with Crippen LogP contribution in [0.4, 0.5) is 20.4 Å². The summed E-state index contributed by atoms with van der Waals surface area (Å²) in [6, 6.07) is 0.611. The number of anilines is 2. The summed E-state index contributed by atoms with van der Waals surface area (Å²) in [5.41, 5.74) is 5.32. The molecule has 0 fully saturated rings. The molecule has 0 bridgehead atoms. The molecule has 1 heterocycles. The number of nitrogens with one attached hydrogen (secondary N) is 1. The van der Waals surface area contributed by atoms with E-state index in [0.717, 1.165) is 6.07 Å². The fourth-order valence-corrected chi connectivity index (χ4v) is 1.40. The van der Waals surface area contributed by atoms with Gasteiger partial charge in [-0.3, -0.25) is 0 Å². The van der Waals surface area contributed by atoms with Gasteiger partial charge in [-0.05, 0) is 12.8 Å². The van der Waals surface area contributed by atoms with E-state index in [1.54, 1.807) is 0 Å². The van der Waals surface area contributed by atoms with Gasteiger partial charge < -0.3 is 15.8 Å². The number of nitrogen functional groups attached to an aromatic ring is 1. The third-order valence-corrected chi connectivity index (χ3v) is 2.59. The van der Waals surface area contributed by atoms with Crippen LogP contribution in [0.25, 0.3) is 0 Å². The van der Waals surface area contributed by atoms with Crippen LogP contribution in [-0.2, 0) is 4.74 Å². The van der Waals surface area contributed by atoms with Gasteiger partial charge in [-0.25, -0.2) is 13.8 Å². The van der Waals surface area contributed by atoms with E-state index in [2.05, 4.69) is 10.3 Å². The van der Waals surface area contributed by atoms with Crippen molar-refractivity contribution in [3.8, 4) is 0 Å². The number of ether oxygens (including phenoxy) is 1. The molecule has 1 rings (SSSR count). The van der Waals surface area contributed by atoms with Gasteiger partial charge in [0.1, 0.15) is 0 Å². The first kappa shape index (κ1) is 14.6. The lowest BCUT2D eigenvalue weighted by atomic mass is 10.1. The van der Waals surface area contributed by atoms with Crippen molar-refractivity contribution >= 4 is 11.6 Å².